The van der Waals surface area contributed by atoms with Gasteiger partial charge in [0.05, 0.1) is 16.9 Å². The van der Waals surface area contributed by atoms with Gasteiger partial charge >= 0.3 is 0 Å². The third-order valence-electron chi connectivity index (χ3n) is 10.7. The van der Waals surface area contributed by atoms with Crippen LogP contribution in [-0.4, -0.2) is 34.9 Å². The van der Waals surface area contributed by atoms with Crippen molar-refractivity contribution in [2.45, 2.75) is 0 Å². The Bertz CT molecular complexity index is 3220. The predicted molar refractivity (Wildman–Crippen MR) is 238 cm³/mol. The van der Waals surface area contributed by atoms with Crippen molar-refractivity contribution in [3.05, 3.63) is 200 Å². The van der Waals surface area contributed by atoms with E-state index in [2.05, 4.69) is 97.1 Å². The molecule has 0 aliphatic heterocycles. The maximum atomic E-state index is 5.43. The molecule has 0 fully saturated rings. The molecule has 0 spiro atoms. The quantitative estimate of drug-likeness (QED) is 0.151. The van der Waals surface area contributed by atoms with Crippen molar-refractivity contribution in [3.63, 3.8) is 0 Å². The Labute approximate surface area is 340 Å². The number of fused-ring (bicyclic) bond motifs is 5. The molecular weight excluding hydrogens is 723 g/mol. The number of aromatic nitrogens is 7. The zero-order valence-corrected chi connectivity index (χ0v) is 31.7. The maximum absolute atomic E-state index is 5.43. The normalized spacial score (nSPS) is 11.4. The SMILES string of the molecule is c1ccc(-c2nc(-c3ccccc3)nc(-c3ccc(-c4cccc5nc(-c6ccccc6)c6cc(-c7ccccc7)c7nn(-c8ccccc8)nc7c6c45)cc3)n2)cc1. The minimum absolute atomic E-state index is 0.606. The van der Waals surface area contributed by atoms with Crippen LogP contribution in [0.2, 0.25) is 0 Å². The predicted octanol–water partition coefficient (Wildman–Crippen LogP) is 12.3. The van der Waals surface area contributed by atoms with Gasteiger partial charge < -0.3 is 0 Å². The summed E-state index contributed by atoms with van der Waals surface area (Å²) in [4.78, 5) is 22.0. The largest absolute Gasteiger partial charge is 0.247 e. The molecule has 276 valence electrons. The zero-order chi connectivity index (χ0) is 39.1. The molecule has 0 saturated heterocycles. The molecule has 0 atom stereocenters. The summed E-state index contributed by atoms with van der Waals surface area (Å²) in [6, 6.07) is 68.1. The zero-order valence-electron chi connectivity index (χ0n) is 31.7. The van der Waals surface area contributed by atoms with Gasteiger partial charge in [-0.25, -0.2) is 19.9 Å². The second-order valence-corrected chi connectivity index (χ2v) is 14.4. The molecule has 3 heterocycles. The fourth-order valence-electron chi connectivity index (χ4n) is 7.89. The van der Waals surface area contributed by atoms with E-state index in [9.17, 15) is 0 Å². The maximum Gasteiger partial charge on any atom is 0.164 e. The van der Waals surface area contributed by atoms with Crippen LogP contribution in [-0.2, 0) is 0 Å². The van der Waals surface area contributed by atoms with Crippen molar-refractivity contribution in [1.82, 2.24) is 34.9 Å². The van der Waals surface area contributed by atoms with E-state index in [1.165, 1.54) is 0 Å². The highest BCUT2D eigenvalue weighted by Crippen LogP contribution is 2.43. The number of benzene rings is 8. The number of pyridine rings is 1. The van der Waals surface area contributed by atoms with Crippen molar-refractivity contribution in [2.24, 2.45) is 0 Å². The van der Waals surface area contributed by atoms with Gasteiger partial charge in [0.15, 0.2) is 17.5 Å². The molecule has 7 nitrogen and oxygen atoms in total. The Morgan fingerprint density at radius 2 is 0.780 bits per heavy atom. The van der Waals surface area contributed by atoms with Gasteiger partial charge in [0.1, 0.15) is 11.0 Å². The summed E-state index contributed by atoms with van der Waals surface area (Å²) in [7, 11) is 0. The Kier molecular flexibility index (Phi) is 8.33. The third kappa shape index (κ3) is 6.18. The highest BCUT2D eigenvalue weighted by molar-refractivity contribution is 6.26. The van der Waals surface area contributed by atoms with Gasteiger partial charge in [0, 0.05) is 44.0 Å². The van der Waals surface area contributed by atoms with Crippen LogP contribution in [0.1, 0.15) is 0 Å². The number of hydrogen-bond acceptors (Lipinski definition) is 6. The molecule has 0 amide bonds. The van der Waals surface area contributed by atoms with E-state index in [1.54, 1.807) is 4.80 Å². The summed E-state index contributed by atoms with van der Waals surface area (Å²) in [6.07, 6.45) is 0. The first-order valence-electron chi connectivity index (χ1n) is 19.6. The Balaban J connectivity index is 1.15. The molecule has 0 saturated carbocycles. The standard InChI is InChI=1S/C52H33N7/c1-6-17-34(18-7-1)42-33-43-46(49-48(42)57-59(58-49)40-25-14-5-15-26-40)45-41(27-16-28-44(45)53-47(43)36-19-8-2-9-20-36)35-29-31-39(32-30-35)52-55-50(37-21-10-3-11-22-37)54-51(56-52)38-23-12-4-13-24-38/h1-33H. The monoisotopic (exact) mass is 755 g/mol. The average Bonchev–Trinajstić information content (AvgIpc) is 3.78. The molecule has 0 aliphatic rings. The summed E-state index contributed by atoms with van der Waals surface area (Å²) in [5.74, 6) is 1.86. The van der Waals surface area contributed by atoms with Crippen LogP contribution >= 0.6 is 0 Å². The van der Waals surface area contributed by atoms with E-state index < -0.39 is 0 Å². The van der Waals surface area contributed by atoms with Crippen LogP contribution in [0, 0.1) is 0 Å². The minimum Gasteiger partial charge on any atom is -0.247 e. The second kappa shape index (κ2) is 14.4. The molecular formula is C52H33N7. The summed E-state index contributed by atoms with van der Waals surface area (Å²) in [5.41, 5.74) is 12.2. The van der Waals surface area contributed by atoms with Gasteiger partial charge in [0.25, 0.3) is 0 Å². The lowest BCUT2D eigenvalue weighted by Crippen LogP contribution is -2.00. The van der Waals surface area contributed by atoms with Gasteiger partial charge in [-0.3, -0.25) is 0 Å². The van der Waals surface area contributed by atoms with Gasteiger partial charge in [-0.15, -0.1) is 10.2 Å². The van der Waals surface area contributed by atoms with Gasteiger partial charge in [-0.1, -0.05) is 176 Å². The molecule has 0 N–H and O–H groups in total. The molecule has 0 bridgehead atoms. The van der Waals surface area contributed by atoms with Crippen LogP contribution in [0.4, 0.5) is 0 Å². The number of nitrogens with zero attached hydrogens (tertiary/aromatic N) is 7. The van der Waals surface area contributed by atoms with E-state index in [0.717, 1.165) is 88.6 Å². The molecule has 11 rings (SSSR count). The summed E-state index contributed by atoms with van der Waals surface area (Å²) < 4.78 is 0. The second-order valence-electron chi connectivity index (χ2n) is 14.4. The topological polar surface area (TPSA) is 82.3 Å². The van der Waals surface area contributed by atoms with Crippen molar-refractivity contribution in [3.8, 4) is 73.4 Å². The van der Waals surface area contributed by atoms with Crippen LogP contribution in [0.5, 0.6) is 0 Å². The van der Waals surface area contributed by atoms with Crippen molar-refractivity contribution in [1.29, 1.82) is 0 Å². The summed E-state index contributed by atoms with van der Waals surface area (Å²) in [5, 5.41) is 13.5. The molecule has 0 unspecified atom stereocenters. The highest BCUT2D eigenvalue weighted by atomic mass is 15.5. The van der Waals surface area contributed by atoms with Crippen LogP contribution in [0.25, 0.3) is 106 Å². The van der Waals surface area contributed by atoms with Gasteiger partial charge in [-0.2, -0.15) is 4.80 Å². The van der Waals surface area contributed by atoms with E-state index in [0.29, 0.717) is 17.5 Å². The fourth-order valence-corrected chi connectivity index (χ4v) is 7.89. The fraction of sp³-hybridized carbons (Fsp3) is 0. The first-order valence-corrected chi connectivity index (χ1v) is 19.6. The van der Waals surface area contributed by atoms with E-state index >= 15 is 0 Å². The third-order valence-corrected chi connectivity index (χ3v) is 10.7. The molecule has 8 aromatic carbocycles. The molecule has 0 aliphatic carbocycles. The summed E-state index contributed by atoms with van der Waals surface area (Å²) >= 11 is 0. The molecule has 11 aromatic rings. The van der Waals surface area contributed by atoms with Gasteiger partial charge in [-0.05, 0) is 41.0 Å². The lowest BCUT2D eigenvalue weighted by atomic mass is 9.90. The van der Waals surface area contributed by atoms with Crippen LogP contribution in [0.15, 0.2) is 200 Å². The number of hydrogen-bond donors (Lipinski definition) is 0. The smallest absolute Gasteiger partial charge is 0.164 e. The molecule has 7 heteroatoms. The number of para-hydroxylation sites is 1. The lowest BCUT2D eigenvalue weighted by Gasteiger charge is -2.16. The van der Waals surface area contributed by atoms with E-state index in [-0.39, 0.29) is 0 Å². The van der Waals surface area contributed by atoms with Crippen molar-refractivity contribution < 1.29 is 0 Å². The van der Waals surface area contributed by atoms with Crippen molar-refractivity contribution in [2.75, 3.05) is 0 Å². The molecule has 3 aromatic heterocycles. The average molecular weight is 756 g/mol. The molecule has 59 heavy (non-hydrogen) atoms. The van der Waals surface area contributed by atoms with E-state index in [1.807, 2.05) is 103 Å². The van der Waals surface area contributed by atoms with Crippen molar-refractivity contribution >= 4 is 32.7 Å². The lowest BCUT2D eigenvalue weighted by molar-refractivity contribution is 0.766. The minimum atomic E-state index is 0.606. The van der Waals surface area contributed by atoms with E-state index in [4.69, 9.17) is 30.1 Å². The number of rotatable bonds is 7. The Morgan fingerprint density at radius 3 is 1.36 bits per heavy atom. The summed E-state index contributed by atoms with van der Waals surface area (Å²) in [6.45, 7) is 0. The van der Waals surface area contributed by atoms with Crippen LogP contribution < -0.4 is 0 Å². The highest BCUT2D eigenvalue weighted by Gasteiger charge is 2.23. The Morgan fingerprint density at radius 1 is 0.322 bits per heavy atom. The van der Waals surface area contributed by atoms with Gasteiger partial charge in [0.2, 0.25) is 0 Å². The first-order chi connectivity index (χ1) is 29.2. The van der Waals surface area contributed by atoms with Crippen LogP contribution in [0.3, 0.4) is 0 Å². The first kappa shape index (κ1) is 34.1. The molecule has 0 radical (unpaired) electrons. The Hall–Kier alpha value is -8.16.